The second kappa shape index (κ2) is 8.35. The Labute approximate surface area is 160 Å². The fourth-order valence-corrected chi connectivity index (χ4v) is 3.39. The second-order valence-corrected chi connectivity index (χ2v) is 7.20. The van der Waals surface area contributed by atoms with Gasteiger partial charge in [0.05, 0.1) is 6.04 Å². The zero-order valence-corrected chi connectivity index (χ0v) is 16.2. The molecular weight excluding hydrogens is 338 g/mol. The molecule has 0 saturated heterocycles. The van der Waals surface area contributed by atoms with Crippen LogP contribution in [0, 0.1) is 0 Å². The van der Waals surface area contributed by atoms with Crippen molar-refractivity contribution in [1.29, 1.82) is 0 Å². The van der Waals surface area contributed by atoms with Crippen molar-refractivity contribution in [3.8, 4) is 0 Å². The Hall–Kier alpha value is -2.66. The van der Waals surface area contributed by atoms with Crippen molar-refractivity contribution in [2.45, 2.75) is 32.2 Å². The van der Waals surface area contributed by atoms with E-state index in [9.17, 15) is 9.59 Å². The van der Waals surface area contributed by atoms with E-state index in [-0.39, 0.29) is 17.9 Å². The van der Waals surface area contributed by atoms with Gasteiger partial charge in [-0.3, -0.25) is 9.59 Å². The Morgan fingerprint density at radius 1 is 1.15 bits per heavy atom. The van der Waals surface area contributed by atoms with Gasteiger partial charge < -0.3 is 15.5 Å². The molecule has 5 nitrogen and oxygen atoms in total. The normalized spacial score (nSPS) is 14.4. The number of amides is 2. The fourth-order valence-electron chi connectivity index (χ4n) is 3.39. The molecule has 142 valence electrons. The number of fused-ring (bicyclic) bond motifs is 1. The fraction of sp³-hybridized carbons (Fsp3) is 0.364. The predicted octanol–water partition coefficient (Wildman–Crippen LogP) is 3.17. The average Bonchev–Trinajstić information content (AvgIpc) is 2.67. The van der Waals surface area contributed by atoms with Crippen LogP contribution >= 0.6 is 0 Å². The van der Waals surface area contributed by atoms with E-state index in [1.54, 1.807) is 6.07 Å². The van der Waals surface area contributed by atoms with E-state index in [1.807, 2.05) is 26.2 Å². The first kappa shape index (κ1) is 19.1. The van der Waals surface area contributed by atoms with Gasteiger partial charge >= 0.3 is 0 Å². The summed E-state index contributed by atoms with van der Waals surface area (Å²) in [5.74, 6) is -0.0608. The number of carbonyl (C=O) groups is 2. The molecule has 3 rings (SSSR count). The molecule has 1 atom stereocenters. The molecule has 0 aromatic heterocycles. The van der Waals surface area contributed by atoms with Gasteiger partial charge in [-0.25, -0.2) is 0 Å². The van der Waals surface area contributed by atoms with E-state index in [1.165, 1.54) is 11.1 Å². The predicted molar refractivity (Wildman–Crippen MR) is 108 cm³/mol. The number of likely N-dealkylation sites (N-methyl/N-ethyl adjacent to an activating group) is 1. The van der Waals surface area contributed by atoms with Crippen LogP contribution in [0.15, 0.2) is 42.5 Å². The minimum absolute atomic E-state index is 0.0302. The van der Waals surface area contributed by atoms with E-state index in [0.29, 0.717) is 24.9 Å². The van der Waals surface area contributed by atoms with Gasteiger partial charge in [0.25, 0.3) is 5.91 Å². The summed E-state index contributed by atoms with van der Waals surface area (Å²) < 4.78 is 0. The Kier molecular flexibility index (Phi) is 5.91. The maximum atomic E-state index is 12.6. The second-order valence-electron chi connectivity index (χ2n) is 7.20. The smallest absolute Gasteiger partial charge is 0.251 e. The highest BCUT2D eigenvalue weighted by molar-refractivity contribution is 5.97. The molecule has 1 heterocycles. The molecule has 0 radical (unpaired) electrons. The van der Waals surface area contributed by atoms with Crippen molar-refractivity contribution in [1.82, 2.24) is 10.2 Å². The Morgan fingerprint density at radius 2 is 1.89 bits per heavy atom. The molecule has 2 amide bonds. The Bertz CT molecular complexity index is 828. The molecule has 0 fully saturated rings. The molecule has 2 aromatic rings. The molecule has 2 N–H and O–H groups in total. The molecule has 1 aliphatic rings. The number of hydrogen-bond acceptors (Lipinski definition) is 3. The lowest BCUT2D eigenvalue weighted by molar-refractivity contribution is -0.116. The van der Waals surface area contributed by atoms with Crippen molar-refractivity contribution >= 4 is 17.5 Å². The lowest BCUT2D eigenvalue weighted by Crippen LogP contribution is -2.34. The van der Waals surface area contributed by atoms with E-state index in [0.717, 1.165) is 17.7 Å². The molecule has 5 heteroatoms. The SMILES string of the molecule is CCc1ccc(C(CNC(=O)c2ccc3c(c2)CCC(=O)N3)N(C)C)cc1. The minimum atomic E-state index is -0.0910. The summed E-state index contributed by atoms with van der Waals surface area (Å²) in [5, 5.41) is 5.90. The molecule has 1 unspecified atom stereocenters. The Morgan fingerprint density at radius 3 is 2.56 bits per heavy atom. The first-order chi connectivity index (χ1) is 13.0. The molecule has 27 heavy (non-hydrogen) atoms. The monoisotopic (exact) mass is 365 g/mol. The number of carbonyl (C=O) groups excluding carboxylic acids is 2. The summed E-state index contributed by atoms with van der Waals surface area (Å²) in [6.07, 6.45) is 2.16. The summed E-state index contributed by atoms with van der Waals surface area (Å²) in [7, 11) is 4.04. The number of aryl methyl sites for hydroxylation is 2. The van der Waals surface area contributed by atoms with Crippen LogP contribution in [-0.4, -0.2) is 37.4 Å². The van der Waals surface area contributed by atoms with Crippen LogP contribution in [0.1, 0.15) is 46.4 Å². The number of benzene rings is 2. The largest absolute Gasteiger partial charge is 0.350 e. The average molecular weight is 365 g/mol. The van der Waals surface area contributed by atoms with Crippen LogP contribution in [0.4, 0.5) is 5.69 Å². The van der Waals surface area contributed by atoms with Crippen molar-refractivity contribution in [3.05, 3.63) is 64.7 Å². The van der Waals surface area contributed by atoms with E-state index in [2.05, 4.69) is 46.7 Å². The molecule has 2 aromatic carbocycles. The number of hydrogen-bond donors (Lipinski definition) is 2. The van der Waals surface area contributed by atoms with Gasteiger partial charge in [0.15, 0.2) is 0 Å². The molecule has 0 saturated carbocycles. The van der Waals surface area contributed by atoms with E-state index < -0.39 is 0 Å². The topological polar surface area (TPSA) is 61.4 Å². The van der Waals surface area contributed by atoms with Crippen molar-refractivity contribution in [2.75, 3.05) is 26.0 Å². The minimum Gasteiger partial charge on any atom is -0.350 e. The molecular formula is C22H27N3O2. The highest BCUT2D eigenvalue weighted by Crippen LogP contribution is 2.24. The molecule has 0 spiro atoms. The molecule has 1 aliphatic heterocycles. The van der Waals surface area contributed by atoms with Crippen LogP contribution in [0.25, 0.3) is 0 Å². The van der Waals surface area contributed by atoms with Gasteiger partial charge in [-0.2, -0.15) is 0 Å². The van der Waals surface area contributed by atoms with E-state index >= 15 is 0 Å². The highest BCUT2D eigenvalue weighted by atomic mass is 16.2. The van der Waals surface area contributed by atoms with Crippen LogP contribution in [-0.2, 0) is 17.6 Å². The number of nitrogens with one attached hydrogen (secondary N) is 2. The summed E-state index contributed by atoms with van der Waals surface area (Å²) in [4.78, 5) is 26.2. The highest BCUT2D eigenvalue weighted by Gasteiger charge is 2.19. The lowest BCUT2D eigenvalue weighted by Gasteiger charge is -2.25. The van der Waals surface area contributed by atoms with Gasteiger partial charge in [0.1, 0.15) is 0 Å². The van der Waals surface area contributed by atoms with Gasteiger partial charge in [-0.15, -0.1) is 0 Å². The van der Waals surface area contributed by atoms with Gasteiger partial charge in [-0.1, -0.05) is 31.2 Å². The van der Waals surface area contributed by atoms with Gasteiger partial charge in [0, 0.05) is 24.2 Å². The third-order valence-electron chi connectivity index (χ3n) is 5.11. The summed E-state index contributed by atoms with van der Waals surface area (Å²) >= 11 is 0. The van der Waals surface area contributed by atoms with Crippen molar-refractivity contribution < 1.29 is 9.59 Å². The maximum Gasteiger partial charge on any atom is 0.251 e. The third kappa shape index (κ3) is 4.55. The lowest BCUT2D eigenvalue weighted by atomic mass is 10.00. The van der Waals surface area contributed by atoms with E-state index in [4.69, 9.17) is 0 Å². The number of nitrogens with zero attached hydrogens (tertiary/aromatic N) is 1. The molecule has 0 aliphatic carbocycles. The summed E-state index contributed by atoms with van der Waals surface area (Å²) in [6.45, 7) is 2.67. The molecule has 0 bridgehead atoms. The van der Waals surface area contributed by atoms with Crippen molar-refractivity contribution in [2.24, 2.45) is 0 Å². The van der Waals surface area contributed by atoms with Gasteiger partial charge in [0.2, 0.25) is 5.91 Å². The zero-order valence-electron chi connectivity index (χ0n) is 16.2. The summed E-state index contributed by atoms with van der Waals surface area (Å²) in [6, 6.07) is 14.1. The van der Waals surface area contributed by atoms with Crippen molar-refractivity contribution in [3.63, 3.8) is 0 Å². The quantitative estimate of drug-likeness (QED) is 0.827. The van der Waals surface area contributed by atoms with Gasteiger partial charge in [-0.05, 0) is 61.8 Å². The first-order valence-electron chi connectivity index (χ1n) is 9.44. The number of anilines is 1. The van der Waals surface area contributed by atoms with Crippen LogP contribution in [0.5, 0.6) is 0 Å². The van der Waals surface area contributed by atoms with Crippen LogP contribution in [0.2, 0.25) is 0 Å². The maximum absolute atomic E-state index is 12.6. The third-order valence-corrected chi connectivity index (χ3v) is 5.11. The summed E-state index contributed by atoms with van der Waals surface area (Å²) in [5.41, 5.74) is 4.95. The zero-order chi connectivity index (χ0) is 19.4. The standard InChI is InChI=1S/C22H27N3O2/c1-4-15-5-7-16(8-6-15)20(25(2)3)14-23-22(27)18-9-11-19-17(13-18)10-12-21(26)24-19/h5-9,11,13,20H,4,10,12,14H2,1-3H3,(H,23,27)(H,24,26). The van der Waals surface area contributed by atoms with Crippen LogP contribution in [0.3, 0.4) is 0 Å². The number of rotatable bonds is 6. The first-order valence-corrected chi connectivity index (χ1v) is 9.44. The van der Waals surface area contributed by atoms with Crippen LogP contribution < -0.4 is 10.6 Å². The Balaban J connectivity index is 1.68.